The van der Waals surface area contributed by atoms with E-state index in [1.807, 2.05) is 5.32 Å². The van der Waals surface area contributed by atoms with E-state index in [-0.39, 0.29) is 6.07 Å². The average molecular weight is 247 g/mol. The molecule has 1 amide bonds. The van der Waals surface area contributed by atoms with Crippen molar-refractivity contribution in [2.45, 2.75) is 6.92 Å². The van der Waals surface area contributed by atoms with Crippen LogP contribution in [-0.2, 0) is 9.59 Å². The van der Waals surface area contributed by atoms with Crippen LogP contribution < -0.4 is 5.32 Å². The molecule has 0 aromatic heterocycles. The van der Waals surface area contributed by atoms with Gasteiger partial charge in [-0.05, 0) is 6.92 Å². The smallest absolute Gasteiger partial charge is 0.315 e. The number of carbonyl (C=O) groups excluding carboxylic acids is 1. The van der Waals surface area contributed by atoms with Gasteiger partial charge in [-0.2, -0.15) is 0 Å². The number of hydrogen-bond donors (Lipinski definition) is 2. The lowest BCUT2D eigenvalue weighted by Crippen LogP contribution is -2.27. The molecule has 1 unspecified atom stereocenters. The van der Waals surface area contributed by atoms with Crippen LogP contribution in [0.3, 0.4) is 0 Å². The lowest BCUT2D eigenvalue weighted by molar-refractivity contribution is -0.144. The van der Waals surface area contributed by atoms with E-state index in [0.29, 0.717) is 6.07 Å². The predicted octanol–water partition coefficient (Wildman–Crippen LogP) is 1.76. The Balaban J connectivity index is 2.93. The van der Waals surface area contributed by atoms with Gasteiger partial charge in [0.2, 0.25) is 5.91 Å². The zero-order valence-corrected chi connectivity index (χ0v) is 8.63. The van der Waals surface area contributed by atoms with E-state index in [0.717, 1.165) is 6.92 Å². The first-order valence-electron chi connectivity index (χ1n) is 4.51. The molecule has 1 aromatic carbocycles. The largest absolute Gasteiger partial charge is 0.481 e. The van der Waals surface area contributed by atoms with E-state index in [4.69, 9.17) is 5.11 Å². The summed E-state index contributed by atoms with van der Waals surface area (Å²) in [7, 11) is 0. The lowest BCUT2D eigenvalue weighted by atomic mass is 10.1. The van der Waals surface area contributed by atoms with Gasteiger partial charge in [0.15, 0.2) is 11.6 Å². The first-order chi connectivity index (χ1) is 7.82. The molecule has 0 fully saturated rings. The van der Waals surface area contributed by atoms with Crippen LogP contribution in [0.2, 0.25) is 0 Å². The van der Waals surface area contributed by atoms with Gasteiger partial charge in [0.05, 0.1) is 5.69 Å². The topological polar surface area (TPSA) is 66.4 Å². The molecule has 7 heteroatoms. The maximum absolute atomic E-state index is 13.1. The highest BCUT2D eigenvalue weighted by atomic mass is 19.2. The molecular formula is C10H8F3NO3. The van der Waals surface area contributed by atoms with Crippen LogP contribution in [0.1, 0.15) is 6.92 Å². The zero-order chi connectivity index (χ0) is 13.2. The molecule has 0 radical (unpaired) electrons. The highest BCUT2D eigenvalue weighted by molar-refractivity contribution is 6.03. The van der Waals surface area contributed by atoms with Crippen LogP contribution >= 0.6 is 0 Å². The number of amides is 1. The van der Waals surface area contributed by atoms with Gasteiger partial charge in [-0.15, -0.1) is 0 Å². The van der Waals surface area contributed by atoms with Crippen LogP contribution in [0, 0.1) is 23.4 Å². The number of carboxylic acid groups (broad SMARTS) is 1. The van der Waals surface area contributed by atoms with Crippen molar-refractivity contribution in [1.29, 1.82) is 0 Å². The molecule has 0 aliphatic carbocycles. The molecule has 0 aliphatic rings. The van der Waals surface area contributed by atoms with E-state index in [9.17, 15) is 22.8 Å². The molecule has 0 saturated carbocycles. The number of carboxylic acids is 1. The summed E-state index contributed by atoms with van der Waals surface area (Å²) in [6, 6.07) is 0.702. The highest BCUT2D eigenvalue weighted by Gasteiger charge is 2.22. The summed E-state index contributed by atoms with van der Waals surface area (Å²) in [6.07, 6.45) is 0. The molecule has 1 rings (SSSR count). The Morgan fingerprint density at radius 3 is 2.24 bits per heavy atom. The average Bonchev–Trinajstić information content (AvgIpc) is 2.24. The van der Waals surface area contributed by atoms with Gasteiger partial charge in [0, 0.05) is 12.1 Å². The number of carbonyl (C=O) groups is 2. The molecule has 0 saturated heterocycles. The summed E-state index contributed by atoms with van der Waals surface area (Å²) in [5, 5.41) is 10.4. The third-order valence-electron chi connectivity index (χ3n) is 2.03. The SMILES string of the molecule is CC(C(=O)O)C(=O)Nc1cc(F)c(F)cc1F. The van der Waals surface area contributed by atoms with E-state index in [1.165, 1.54) is 0 Å². The Hall–Kier alpha value is -2.05. The minimum atomic E-state index is -1.43. The summed E-state index contributed by atoms with van der Waals surface area (Å²) in [5.41, 5.74) is -0.609. The molecule has 0 spiro atoms. The number of benzene rings is 1. The van der Waals surface area contributed by atoms with Crippen molar-refractivity contribution in [3.63, 3.8) is 0 Å². The van der Waals surface area contributed by atoms with Crippen molar-refractivity contribution in [2.75, 3.05) is 5.32 Å². The summed E-state index contributed by atoms with van der Waals surface area (Å²) in [6.45, 7) is 1.08. The second-order valence-corrected chi connectivity index (χ2v) is 3.30. The highest BCUT2D eigenvalue weighted by Crippen LogP contribution is 2.19. The summed E-state index contributed by atoms with van der Waals surface area (Å²) in [5.74, 6) is -7.79. The fourth-order valence-corrected chi connectivity index (χ4v) is 0.971. The second-order valence-electron chi connectivity index (χ2n) is 3.30. The standard InChI is InChI=1S/C10H8F3NO3/c1-4(10(16)17)9(15)14-8-3-6(12)5(11)2-7(8)13/h2-4H,1H3,(H,14,15)(H,16,17). The second kappa shape index (κ2) is 4.86. The van der Waals surface area contributed by atoms with Crippen molar-refractivity contribution in [1.82, 2.24) is 0 Å². The van der Waals surface area contributed by atoms with Crippen molar-refractivity contribution in [3.05, 3.63) is 29.6 Å². The fraction of sp³-hybridized carbons (Fsp3) is 0.200. The van der Waals surface area contributed by atoms with Crippen LogP contribution in [0.5, 0.6) is 0 Å². The number of rotatable bonds is 3. The normalized spacial score (nSPS) is 12.0. The summed E-state index contributed by atoms with van der Waals surface area (Å²) in [4.78, 5) is 21.7. The van der Waals surface area contributed by atoms with Crippen LogP contribution in [0.4, 0.5) is 18.9 Å². The van der Waals surface area contributed by atoms with Gasteiger partial charge in [0.25, 0.3) is 0 Å². The van der Waals surface area contributed by atoms with Gasteiger partial charge < -0.3 is 10.4 Å². The van der Waals surface area contributed by atoms with Gasteiger partial charge >= 0.3 is 5.97 Å². The molecule has 1 aromatic rings. The van der Waals surface area contributed by atoms with E-state index in [2.05, 4.69) is 0 Å². The molecule has 0 bridgehead atoms. The van der Waals surface area contributed by atoms with Crippen LogP contribution in [-0.4, -0.2) is 17.0 Å². The zero-order valence-electron chi connectivity index (χ0n) is 8.63. The van der Waals surface area contributed by atoms with Crippen molar-refractivity contribution >= 4 is 17.6 Å². The fourth-order valence-electron chi connectivity index (χ4n) is 0.971. The van der Waals surface area contributed by atoms with Crippen molar-refractivity contribution in [2.24, 2.45) is 5.92 Å². The van der Waals surface area contributed by atoms with Gasteiger partial charge in [0.1, 0.15) is 11.7 Å². The van der Waals surface area contributed by atoms with E-state index < -0.39 is 40.9 Å². The van der Waals surface area contributed by atoms with Gasteiger partial charge in [-0.1, -0.05) is 0 Å². The molecule has 4 nitrogen and oxygen atoms in total. The van der Waals surface area contributed by atoms with E-state index >= 15 is 0 Å². The number of anilines is 1. The lowest BCUT2D eigenvalue weighted by Gasteiger charge is -2.09. The molecule has 92 valence electrons. The van der Waals surface area contributed by atoms with Crippen LogP contribution in [0.25, 0.3) is 0 Å². The summed E-state index contributed by atoms with van der Waals surface area (Å²) >= 11 is 0. The van der Waals surface area contributed by atoms with Crippen LogP contribution in [0.15, 0.2) is 12.1 Å². The quantitative estimate of drug-likeness (QED) is 0.631. The third kappa shape index (κ3) is 2.96. The molecule has 17 heavy (non-hydrogen) atoms. The maximum atomic E-state index is 13.1. The third-order valence-corrected chi connectivity index (χ3v) is 2.03. The van der Waals surface area contributed by atoms with Gasteiger partial charge in [-0.25, -0.2) is 13.2 Å². The van der Waals surface area contributed by atoms with Gasteiger partial charge in [-0.3, -0.25) is 9.59 Å². The molecule has 0 heterocycles. The number of nitrogens with one attached hydrogen (secondary N) is 1. The molecule has 0 aliphatic heterocycles. The molecule has 1 atom stereocenters. The Labute approximate surface area is 94.1 Å². The Kier molecular flexibility index (Phi) is 3.72. The number of halogens is 3. The Bertz CT molecular complexity index is 476. The monoisotopic (exact) mass is 247 g/mol. The maximum Gasteiger partial charge on any atom is 0.315 e. The van der Waals surface area contributed by atoms with Crippen molar-refractivity contribution in [3.8, 4) is 0 Å². The Morgan fingerprint density at radius 1 is 1.18 bits per heavy atom. The summed E-state index contributed by atoms with van der Waals surface area (Å²) < 4.78 is 38.4. The van der Waals surface area contributed by atoms with E-state index in [1.54, 1.807) is 0 Å². The number of hydrogen-bond acceptors (Lipinski definition) is 2. The molecule has 2 N–H and O–H groups in total. The molecular weight excluding hydrogens is 239 g/mol. The Morgan fingerprint density at radius 2 is 1.71 bits per heavy atom. The first kappa shape index (κ1) is 13.0. The minimum Gasteiger partial charge on any atom is -0.481 e. The number of aliphatic carboxylic acids is 1. The first-order valence-corrected chi connectivity index (χ1v) is 4.51. The van der Waals surface area contributed by atoms with Crippen molar-refractivity contribution < 1.29 is 27.9 Å². The minimum absolute atomic E-state index is 0.260. The predicted molar refractivity (Wildman–Crippen MR) is 51.7 cm³/mol.